The lowest BCUT2D eigenvalue weighted by atomic mass is 10.1. The largest absolute Gasteiger partial charge is 0.493 e. The summed E-state index contributed by atoms with van der Waals surface area (Å²) >= 11 is 0. The minimum atomic E-state index is -2.71. The van der Waals surface area contributed by atoms with Crippen molar-refractivity contribution in [3.05, 3.63) is 53.1 Å². The van der Waals surface area contributed by atoms with Crippen LogP contribution in [0, 0.1) is 0 Å². The number of nitrogens with zero attached hydrogens (tertiary/aromatic N) is 5. The number of amides is 1. The number of methoxy groups -OCH3 is 2. The van der Waals surface area contributed by atoms with Crippen molar-refractivity contribution in [3.63, 3.8) is 0 Å². The van der Waals surface area contributed by atoms with Gasteiger partial charge in [0.05, 0.1) is 26.0 Å². The van der Waals surface area contributed by atoms with E-state index in [0.717, 1.165) is 5.57 Å². The van der Waals surface area contributed by atoms with Crippen molar-refractivity contribution in [2.45, 2.75) is 18.9 Å². The van der Waals surface area contributed by atoms with E-state index in [1.54, 1.807) is 36.2 Å². The SMILES string of the molecule is COc1ccc(C(=O)N(C)[C@@H]2C/C2=C/c2cc(C(F)F)nc3ncnn23)cc1OC. The molecule has 1 amide bonds. The third-order valence-electron chi connectivity index (χ3n) is 4.97. The van der Waals surface area contributed by atoms with Gasteiger partial charge in [0.2, 0.25) is 0 Å². The fraction of sp³-hybridized carbons (Fsp3) is 0.300. The van der Waals surface area contributed by atoms with Crippen LogP contribution in [-0.4, -0.2) is 57.7 Å². The van der Waals surface area contributed by atoms with Crippen molar-refractivity contribution in [3.8, 4) is 11.5 Å². The van der Waals surface area contributed by atoms with Gasteiger partial charge in [-0.3, -0.25) is 4.79 Å². The average Bonchev–Trinajstić information content (AvgIpc) is 3.34. The number of aromatic nitrogens is 4. The Bertz CT molecular complexity index is 1140. The van der Waals surface area contributed by atoms with Crippen LogP contribution in [0.5, 0.6) is 11.5 Å². The quantitative estimate of drug-likeness (QED) is 0.616. The number of ether oxygens (including phenoxy) is 2. The fourth-order valence-electron chi connectivity index (χ4n) is 3.28. The first-order chi connectivity index (χ1) is 14.4. The molecule has 0 radical (unpaired) electrons. The Balaban J connectivity index is 1.57. The van der Waals surface area contributed by atoms with Crippen LogP contribution in [0.25, 0.3) is 11.9 Å². The second-order valence-electron chi connectivity index (χ2n) is 6.80. The number of fused-ring (bicyclic) bond motifs is 1. The van der Waals surface area contributed by atoms with E-state index < -0.39 is 6.43 Å². The van der Waals surface area contributed by atoms with Crippen molar-refractivity contribution in [1.29, 1.82) is 0 Å². The number of benzene rings is 1. The summed E-state index contributed by atoms with van der Waals surface area (Å²) in [5.41, 5.74) is 1.46. The van der Waals surface area contributed by atoms with Crippen LogP contribution in [0.15, 0.2) is 36.2 Å². The molecule has 1 fully saturated rings. The summed E-state index contributed by atoms with van der Waals surface area (Å²) in [6, 6.07) is 6.12. The molecule has 1 aromatic carbocycles. The molecule has 0 bridgehead atoms. The lowest BCUT2D eigenvalue weighted by molar-refractivity contribution is 0.0789. The number of halogens is 2. The van der Waals surface area contributed by atoms with Gasteiger partial charge in [0, 0.05) is 12.6 Å². The molecule has 1 aliphatic rings. The Kier molecular flexibility index (Phi) is 5.06. The van der Waals surface area contributed by atoms with Crippen LogP contribution in [0.4, 0.5) is 8.78 Å². The van der Waals surface area contributed by atoms with E-state index >= 15 is 0 Å². The zero-order valence-electron chi connectivity index (χ0n) is 16.5. The number of likely N-dealkylation sites (N-methyl/N-ethyl adjacent to an activating group) is 1. The Morgan fingerprint density at radius 1 is 1.27 bits per heavy atom. The number of hydrogen-bond donors (Lipinski definition) is 0. The molecular weight excluding hydrogens is 396 g/mol. The first-order valence-electron chi connectivity index (χ1n) is 9.11. The summed E-state index contributed by atoms with van der Waals surface area (Å²) in [5.74, 6) is 0.922. The highest BCUT2D eigenvalue weighted by Gasteiger charge is 2.37. The zero-order valence-corrected chi connectivity index (χ0v) is 16.5. The Morgan fingerprint density at radius 2 is 2.03 bits per heavy atom. The molecule has 0 saturated heterocycles. The lowest BCUT2D eigenvalue weighted by Crippen LogP contribution is -2.29. The number of carbonyl (C=O) groups excluding carboxylic acids is 1. The van der Waals surface area contributed by atoms with Gasteiger partial charge >= 0.3 is 0 Å². The van der Waals surface area contributed by atoms with Gasteiger partial charge in [-0.15, -0.1) is 0 Å². The van der Waals surface area contributed by atoms with Gasteiger partial charge in [0.1, 0.15) is 12.0 Å². The van der Waals surface area contributed by atoms with Crippen LogP contribution in [-0.2, 0) is 0 Å². The van der Waals surface area contributed by atoms with E-state index in [2.05, 4.69) is 15.1 Å². The second kappa shape index (κ2) is 7.69. The highest BCUT2D eigenvalue weighted by Crippen LogP contribution is 2.37. The number of hydrogen-bond acceptors (Lipinski definition) is 6. The minimum absolute atomic E-state index is 0.103. The molecule has 4 rings (SSSR count). The average molecular weight is 415 g/mol. The van der Waals surface area contributed by atoms with Crippen molar-refractivity contribution in [1.82, 2.24) is 24.5 Å². The van der Waals surface area contributed by atoms with E-state index in [9.17, 15) is 13.6 Å². The molecule has 0 N–H and O–H groups in total. The predicted molar refractivity (Wildman–Crippen MR) is 104 cm³/mol. The lowest BCUT2D eigenvalue weighted by Gasteiger charge is -2.17. The topological polar surface area (TPSA) is 81.9 Å². The van der Waals surface area contributed by atoms with E-state index in [4.69, 9.17) is 9.47 Å². The summed E-state index contributed by atoms with van der Waals surface area (Å²) in [6.07, 6.45) is 0.931. The molecule has 2 aromatic heterocycles. The molecular formula is C20H19F2N5O3. The first-order valence-corrected chi connectivity index (χ1v) is 9.11. The molecule has 0 unspecified atom stereocenters. The monoisotopic (exact) mass is 415 g/mol. The molecule has 1 saturated carbocycles. The summed E-state index contributed by atoms with van der Waals surface area (Å²) in [5, 5.41) is 4.04. The maximum absolute atomic E-state index is 13.1. The van der Waals surface area contributed by atoms with Gasteiger partial charge in [-0.1, -0.05) is 0 Å². The third kappa shape index (κ3) is 3.56. The Hall–Kier alpha value is -3.56. The van der Waals surface area contributed by atoms with Crippen molar-refractivity contribution >= 4 is 17.8 Å². The fourth-order valence-corrected chi connectivity index (χ4v) is 3.28. The van der Waals surface area contributed by atoms with E-state index in [0.29, 0.717) is 29.2 Å². The van der Waals surface area contributed by atoms with Gasteiger partial charge < -0.3 is 14.4 Å². The van der Waals surface area contributed by atoms with Gasteiger partial charge in [-0.05, 0) is 42.3 Å². The smallest absolute Gasteiger partial charge is 0.280 e. The van der Waals surface area contributed by atoms with Crippen LogP contribution in [0.1, 0.15) is 34.6 Å². The number of alkyl halides is 2. The predicted octanol–water partition coefficient (Wildman–Crippen LogP) is 3.01. The normalized spacial score (nSPS) is 16.9. The first kappa shape index (κ1) is 19.7. The molecule has 10 heteroatoms. The summed E-state index contributed by atoms with van der Waals surface area (Å²) in [7, 11) is 4.73. The van der Waals surface area contributed by atoms with Gasteiger partial charge in [-0.25, -0.2) is 13.8 Å². The highest BCUT2D eigenvalue weighted by molar-refractivity contribution is 5.95. The van der Waals surface area contributed by atoms with Gasteiger partial charge in [0.25, 0.3) is 18.1 Å². The van der Waals surface area contributed by atoms with E-state index in [-0.39, 0.29) is 23.4 Å². The number of carbonyl (C=O) groups is 1. The molecule has 0 aliphatic heterocycles. The van der Waals surface area contributed by atoms with E-state index in [1.165, 1.54) is 31.1 Å². The van der Waals surface area contributed by atoms with Crippen LogP contribution in [0.3, 0.4) is 0 Å². The molecule has 2 heterocycles. The molecule has 30 heavy (non-hydrogen) atoms. The Labute approximate surface area is 170 Å². The second-order valence-corrected chi connectivity index (χ2v) is 6.80. The van der Waals surface area contributed by atoms with Gasteiger partial charge in [-0.2, -0.15) is 14.6 Å². The summed E-state index contributed by atoms with van der Waals surface area (Å²) in [6.45, 7) is 0. The highest BCUT2D eigenvalue weighted by atomic mass is 19.3. The van der Waals surface area contributed by atoms with Crippen molar-refractivity contribution in [2.24, 2.45) is 0 Å². The van der Waals surface area contributed by atoms with Gasteiger partial charge in [0.15, 0.2) is 11.5 Å². The number of rotatable bonds is 6. The minimum Gasteiger partial charge on any atom is -0.493 e. The third-order valence-corrected chi connectivity index (χ3v) is 4.97. The van der Waals surface area contributed by atoms with Crippen molar-refractivity contribution < 1.29 is 23.0 Å². The molecule has 156 valence electrons. The molecule has 8 nitrogen and oxygen atoms in total. The van der Waals surface area contributed by atoms with Crippen LogP contribution < -0.4 is 9.47 Å². The Morgan fingerprint density at radius 3 is 2.73 bits per heavy atom. The molecule has 0 spiro atoms. The molecule has 1 aliphatic carbocycles. The zero-order chi connectivity index (χ0) is 21.4. The standard InChI is InChI=1S/C20H19F2N5O3/c1-26(19(28)11-4-5-16(29-2)17(8-11)30-3)15-7-12(15)6-13-9-14(18(21)22)25-20-23-10-24-27(13)20/h4-6,8-10,15,18H,7H2,1-3H3/b12-6-/t15-/m1/s1. The molecule has 1 atom stereocenters. The summed E-state index contributed by atoms with van der Waals surface area (Å²) in [4.78, 5) is 22.2. The van der Waals surface area contributed by atoms with Crippen LogP contribution >= 0.6 is 0 Å². The maximum Gasteiger partial charge on any atom is 0.280 e. The molecule has 3 aromatic rings. The summed E-state index contributed by atoms with van der Waals surface area (Å²) < 4.78 is 38.1. The van der Waals surface area contributed by atoms with Crippen molar-refractivity contribution in [2.75, 3.05) is 21.3 Å². The maximum atomic E-state index is 13.1. The van der Waals surface area contributed by atoms with Crippen LogP contribution in [0.2, 0.25) is 0 Å². The van der Waals surface area contributed by atoms with E-state index in [1.807, 2.05) is 0 Å².